The van der Waals surface area contributed by atoms with Gasteiger partial charge in [0, 0.05) is 0 Å². The van der Waals surface area contributed by atoms with Crippen molar-refractivity contribution in [3.63, 3.8) is 0 Å². The van der Waals surface area contributed by atoms with Crippen LogP contribution in [0.25, 0.3) is 0 Å². The first-order chi connectivity index (χ1) is 14.4. The maximum Gasteiger partial charge on any atom is 0.338 e. The van der Waals surface area contributed by atoms with Gasteiger partial charge in [-0.2, -0.15) is 0 Å². The number of carbonyl (C=O) groups is 3. The van der Waals surface area contributed by atoms with Gasteiger partial charge in [-0.3, -0.25) is 9.69 Å². The van der Waals surface area contributed by atoms with E-state index in [0.717, 1.165) is 6.42 Å². The van der Waals surface area contributed by atoms with E-state index in [4.69, 9.17) is 15.2 Å². The Balaban J connectivity index is 2.19. The van der Waals surface area contributed by atoms with Crippen molar-refractivity contribution in [2.24, 2.45) is 5.73 Å². The fraction of sp³-hybridized carbons (Fsp3) is 0.409. The van der Waals surface area contributed by atoms with Gasteiger partial charge in [-0.05, 0) is 25.8 Å². The molecule has 1 saturated heterocycles. The highest BCUT2D eigenvalue weighted by Crippen LogP contribution is 2.49. The Morgan fingerprint density at radius 2 is 1.77 bits per heavy atom. The first-order valence-corrected chi connectivity index (χ1v) is 10.9. The first-order valence-electron chi connectivity index (χ1n) is 10.1. The quantitative estimate of drug-likeness (QED) is 0.524. The SMILES string of the molecule is CCCCOC(=O)C1=C(N)N2C(=O)[C@H](C)SC2=C(C(=O)OCC)[C@@H]1c1ccccc1. The fourth-order valence-electron chi connectivity index (χ4n) is 3.50. The second kappa shape index (κ2) is 9.38. The number of esters is 2. The average molecular weight is 431 g/mol. The van der Waals surface area contributed by atoms with Crippen LogP contribution in [0.1, 0.15) is 45.1 Å². The number of carbonyl (C=O) groups excluding carboxylic acids is 3. The highest BCUT2D eigenvalue weighted by Gasteiger charge is 2.49. The highest BCUT2D eigenvalue weighted by molar-refractivity contribution is 8.04. The van der Waals surface area contributed by atoms with E-state index >= 15 is 0 Å². The molecule has 2 atom stereocenters. The van der Waals surface area contributed by atoms with Crippen LogP contribution in [0.15, 0.2) is 52.3 Å². The van der Waals surface area contributed by atoms with Crippen molar-refractivity contribution in [1.82, 2.24) is 4.90 Å². The third-order valence-corrected chi connectivity index (χ3v) is 6.14. The lowest BCUT2D eigenvalue weighted by Gasteiger charge is -2.33. The number of hydrogen-bond donors (Lipinski definition) is 1. The Labute approximate surface area is 180 Å². The lowest BCUT2D eigenvalue weighted by atomic mass is 9.82. The minimum atomic E-state index is -0.781. The number of hydrogen-bond acceptors (Lipinski definition) is 7. The summed E-state index contributed by atoms with van der Waals surface area (Å²) in [6, 6.07) is 9.12. The summed E-state index contributed by atoms with van der Waals surface area (Å²) in [6.07, 6.45) is 1.57. The van der Waals surface area contributed by atoms with Crippen LogP contribution in [0, 0.1) is 0 Å². The van der Waals surface area contributed by atoms with E-state index < -0.39 is 23.1 Å². The number of thioether (sulfide) groups is 1. The van der Waals surface area contributed by atoms with E-state index in [1.54, 1.807) is 13.8 Å². The normalized spacial score (nSPS) is 21.0. The van der Waals surface area contributed by atoms with Gasteiger partial charge in [0.1, 0.15) is 5.82 Å². The van der Waals surface area contributed by atoms with E-state index in [0.29, 0.717) is 17.0 Å². The summed E-state index contributed by atoms with van der Waals surface area (Å²) in [6.45, 7) is 5.84. The summed E-state index contributed by atoms with van der Waals surface area (Å²) >= 11 is 1.25. The molecule has 0 bridgehead atoms. The van der Waals surface area contributed by atoms with Crippen molar-refractivity contribution in [3.05, 3.63) is 57.9 Å². The zero-order chi connectivity index (χ0) is 21.8. The second-order valence-corrected chi connectivity index (χ2v) is 8.33. The number of unbranched alkanes of at least 4 members (excludes halogenated alkanes) is 1. The van der Waals surface area contributed by atoms with E-state index in [1.165, 1.54) is 16.7 Å². The molecule has 2 aliphatic heterocycles. The molecule has 1 amide bonds. The van der Waals surface area contributed by atoms with Crippen LogP contribution in [-0.2, 0) is 23.9 Å². The molecule has 0 aliphatic carbocycles. The fourth-order valence-corrected chi connectivity index (χ4v) is 4.67. The monoisotopic (exact) mass is 430 g/mol. The molecule has 160 valence electrons. The van der Waals surface area contributed by atoms with Crippen LogP contribution in [0.3, 0.4) is 0 Å². The van der Waals surface area contributed by atoms with Crippen molar-refractivity contribution < 1.29 is 23.9 Å². The van der Waals surface area contributed by atoms with E-state index in [9.17, 15) is 14.4 Å². The molecular formula is C22H26N2O5S. The first kappa shape index (κ1) is 22.0. The van der Waals surface area contributed by atoms with E-state index in [2.05, 4.69) is 0 Å². The molecule has 8 heteroatoms. The lowest BCUT2D eigenvalue weighted by Crippen LogP contribution is -2.40. The van der Waals surface area contributed by atoms with Crippen LogP contribution < -0.4 is 5.73 Å². The van der Waals surface area contributed by atoms with Gasteiger partial charge in [0.15, 0.2) is 0 Å². The molecule has 2 aliphatic rings. The van der Waals surface area contributed by atoms with Crippen LogP contribution in [0.4, 0.5) is 0 Å². The van der Waals surface area contributed by atoms with Crippen molar-refractivity contribution in [1.29, 1.82) is 0 Å². The predicted octanol–water partition coefficient (Wildman–Crippen LogP) is 3.04. The topological polar surface area (TPSA) is 98.9 Å². The molecule has 3 rings (SSSR count). The second-order valence-electron chi connectivity index (χ2n) is 7.01. The van der Waals surface area contributed by atoms with Gasteiger partial charge in [0.25, 0.3) is 0 Å². The molecule has 0 spiro atoms. The third kappa shape index (κ3) is 3.96. The standard InChI is InChI=1S/C22H26N2O5S/c1-4-6-12-29-21(26)16-15(14-10-8-7-9-11-14)17(22(27)28-5-2)20-24(18(16)23)19(25)13(3)30-20/h7-11,13,15H,4-6,12,23H2,1-3H3/t13-,15+/m0/s1. The van der Waals surface area contributed by atoms with Gasteiger partial charge in [0.05, 0.1) is 40.6 Å². The third-order valence-electron chi connectivity index (χ3n) is 4.96. The minimum absolute atomic E-state index is 0.00949. The summed E-state index contributed by atoms with van der Waals surface area (Å²) < 4.78 is 10.8. The van der Waals surface area contributed by atoms with Crippen molar-refractivity contribution >= 4 is 29.6 Å². The maximum absolute atomic E-state index is 13.1. The predicted molar refractivity (Wildman–Crippen MR) is 114 cm³/mol. The number of rotatable bonds is 7. The minimum Gasteiger partial charge on any atom is -0.463 e. The largest absolute Gasteiger partial charge is 0.463 e. The molecule has 0 aromatic heterocycles. The van der Waals surface area contributed by atoms with Crippen LogP contribution in [0.2, 0.25) is 0 Å². The molecule has 7 nitrogen and oxygen atoms in total. The molecule has 1 aromatic carbocycles. The highest BCUT2D eigenvalue weighted by atomic mass is 32.2. The molecule has 30 heavy (non-hydrogen) atoms. The number of nitrogens with zero attached hydrogens (tertiary/aromatic N) is 1. The Hall–Kier alpha value is -2.74. The zero-order valence-electron chi connectivity index (χ0n) is 17.3. The van der Waals surface area contributed by atoms with Gasteiger partial charge in [0.2, 0.25) is 5.91 Å². The summed E-state index contributed by atoms with van der Waals surface area (Å²) in [5.41, 5.74) is 7.40. The number of nitrogens with two attached hydrogens (primary N) is 1. The van der Waals surface area contributed by atoms with Gasteiger partial charge in [-0.15, -0.1) is 0 Å². The summed E-state index contributed by atoms with van der Waals surface area (Å²) in [4.78, 5) is 40.2. The van der Waals surface area contributed by atoms with Gasteiger partial charge < -0.3 is 15.2 Å². The molecule has 1 fully saturated rings. The van der Waals surface area contributed by atoms with Gasteiger partial charge >= 0.3 is 11.9 Å². The Bertz CT molecular complexity index is 909. The molecular weight excluding hydrogens is 404 g/mol. The molecule has 0 unspecified atom stereocenters. The van der Waals surface area contributed by atoms with Crippen LogP contribution in [0.5, 0.6) is 0 Å². The Kier molecular flexibility index (Phi) is 6.87. The van der Waals surface area contributed by atoms with E-state index in [-0.39, 0.29) is 36.1 Å². The maximum atomic E-state index is 13.1. The molecule has 2 heterocycles. The molecule has 0 radical (unpaired) electrons. The van der Waals surface area contributed by atoms with Gasteiger partial charge in [-0.1, -0.05) is 55.4 Å². The number of fused-ring (bicyclic) bond motifs is 1. The molecule has 0 saturated carbocycles. The van der Waals surface area contributed by atoms with Crippen LogP contribution in [-0.4, -0.2) is 41.2 Å². The number of ether oxygens (including phenoxy) is 2. The molecule has 1 aromatic rings. The number of amides is 1. The smallest absolute Gasteiger partial charge is 0.338 e. The Morgan fingerprint density at radius 1 is 1.10 bits per heavy atom. The van der Waals surface area contributed by atoms with Crippen molar-refractivity contribution in [2.45, 2.75) is 44.8 Å². The lowest BCUT2D eigenvalue weighted by molar-refractivity contribution is -0.140. The van der Waals surface area contributed by atoms with Crippen LogP contribution >= 0.6 is 11.8 Å². The summed E-state index contributed by atoms with van der Waals surface area (Å²) in [5, 5.41) is -0.0164. The summed E-state index contributed by atoms with van der Waals surface area (Å²) in [5.74, 6) is -2.26. The van der Waals surface area contributed by atoms with Crippen molar-refractivity contribution in [2.75, 3.05) is 13.2 Å². The van der Waals surface area contributed by atoms with Gasteiger partial charge in [-0.25, -0.2) is 9.59 Å². The average Bonchev–Trinajstić information content (AvgIpc) is 3.03. The zero-order valence-corrected chi connectivity index (χ0v) is 18.2. The van der Waals surface area contributed by atoms with E-state index in [1.807, 2.05) is 37.3 Å². The summed E-state index contributed by atoms with van der Waals surface area (Å²) in [7, 11) is 0. The number of benzene rings is 1. The van der Waals surface area contributed by atoms with Crippen molar-refractivity contribution in [3.8, 4) is 0 Å². The molecule has 2 N–H and O–H groups in total. The Morgan fingerprint density at radius 3 is 2.40 bits per heavy atom.